The quantitative estimate of drug-likeness (QED) is 0.777. The molecule has 1 aliphatic rings. The maximum Gasteiger partial charge on any atom is 0.159 e. The summed E-state index contributed by atoms with van der Waals surface area (Å²) in [6.45, 7) is 4.17. The van der Waals surface area contributed by atoms with Crippen LogP contribution in [0.25, 0.3) is 0 Å². The number of aromatic nitrogens is 2. The van der Waals surface area contributed by atoms with Gasteiger partial charge in [0.25, 0.3) is 0 Å². The Morgan fingerprint density at radius 2 is 2.32 bits per heavy atom. The number of ether oxygens (including phenoxy) is 1. The molecule has 1 N–H and O–H groups in total. The van der Waals surface area contributed by atoms with Gasteiger partial charge in [-0.1, -0.05) is 12.1 Å². The molecule has 2 atom stereocenters. The normalized spacial score (nSPS) is 19.1. The average molecular weight is 343 g/mol. The molecule has 1 aliphatic heterocycles. The molecule has 2 aromatic rings. The van der Waals surface area contributed by atoms with Crippen LogP contribution in [0, 0.1) is 0 Å². The van der Waals surface area contributed by atoms with Gasteiger partial charge in [0.2, 0.25) is 0 Å². The van der Waals surface area contributed by atoms with Gasteiger partial charge >= 0.3 is 0 Å². The van der Waals surface area contributed by atoms with Gasteiger partial charge < -0.3 is 14.4 Å². The molecule has 6 heteroatoms. The van der Waals surface area contributed by atoms with Crippen molar-refractivity contribution in [3.63, 3.8) is 0 Å². The third-order valence-electron chi connectivity index (χ3n) is 4.65. The predicted octanol–water partition coefficient (Wildman–Crippen LogP) is 1.85. The number of imidazole rings is 1. The fourth-order valence-corrected chi connectivity index (χ4v) is 3.33. The summed E-state index contributed by atoms with van der Waals surface area (Å²) in [4.78, 5) is 18.1. The largest absolute Gasteiger partial charge is 0.491 e. The van der Waals surface area contributed by atoms with E-state index in [1.165, 1.54) is 6.92 Å². The standard InChI is InChI=1S/C19H25N3O3/c1-14(23)15-4-3-5-18(10-15)25-13-17(24)12-22-8-6-16(11-22)19-20-7-9-21(19)2/h3-5,7,9-10,16-17,24H,6,8,11-13H2,1-2H3. The molecule has 25 heavy (non-hydrogen) atoms. The minimum absolute atomic E-state index is 0.00314. The van der Waals surface area contributed by atoms with Gasteiger partial charge in [0.05, 0.1) is 0 Å². The van der Waals surface area contributed by atoms with Crippen molar-refractivity contribution in [2.75, 3.05) is 26.2 Å². The van der Waals surface area contributed by atoms with Gasteiger partial charge in [-0.25, -0.2) is 4.98 Å². The van der Waals surface area contributed by atoms with Crippen molar-refractivity contribution in [2.45, 2.75) is 25.4 Å². The molecule has 2 unspecified atom stereocenters. The maximum atomic E-state index is 11.4. The van der Waals surface area contributed by atoms with Crippen molar-refractivity contribution in [3.8, 4) is 5.75 Å². The second-order valence-corrected chi connectivity index (χ2v) is 6.69. The summed E-state index contributed by atoms with van der Waals surface area (Å²) in [7, 11) is 2.02. The van der Waals surface area contributed by atoms with Crippen LogP contribution in [-0.2, 0) is 7.05 Å². The summed E-state index contributed by atoms with van der Waals surface area (Å²) in [5.74, 6) is 2.14. The van der Waals surface area contributed by atoms with Crippen LogP contribution in [0.15, 0.2) is 36.7 Å². The number of β-amino-alcohol motifs (C(OH)–C–C–N with tert-alkyl or cyclic N) is 1. The number of carbonyl (C=O) groups excluding carboxylic acids is 1. The van der Waals surface area contributed by atoms with Crippen molar-refractivity contribution >= 4 is 5.78 Å². The van der Waals surface area contributed by atoms with E-state index in [1.54, 1.807) is 24.3 Å². The van der Waals surface area contributed by atoms with E-state index < -0.39 is 6.10 Å². The molecule has 1 fully saturated rings. The van der Waals surface area contributed by atoms with E-state index in [2.05, 4.69) is 14.5 Å². The van der Waals surface area contributed by atoms with Gasteiger partial charge in [0, 0.05) is 44.0 Å². The van der Waals surface area contributed by atoms with Crippen LogP contribution in [0.1, 0.15) is 35.4 Å². The van der Waals surface area contributed by atoms with Gasteiger partial charge in [0.1, 0.15) is 24.3 Å². The van der Waals surface area contributed by atoms with Crippen LogP contribution in [0.4, 0.5) is 0 Å². The Kier molecular flexibility index (Phi) is 5.50. The number of Topliss-reactive ketones (excluding diaryl/α,β-unsaturated/α-hetero) is 1. The number of hydrogen-bond donors (Lipinski definition) is 1. The molecule has 3 rings (SSSR count). The van der Waals surface area contributed by atoms with Gasteiger partial charge in [-0.2, -0.15) is 0 Å². The molecule has 1 aromatic carbocycles. The highest BCUT2D eigenvalue weighted by Crippen LogP contribution is 2.25. The molecule has 0 radical (unpaired) electrons. The number of rotatable bonds is 7. The number of aliphatic hydroxyl groups excluding tert-OH is 1. The summed E-state index contributed by atoms with van der Waals surface area (Å²) >= 11 is 0. The van der Waals surface area contributed by atoms with Crippen LogP contribution in [0.5, 0.6) is 5.75 Å². The predicted molar refractivity (Wildman–Crippen MR) is 95.0 cm³/mol. The van der Waals surface area contributed by atoms with E-state index in [1.807, 2.05) is 19.4 Å². The molecular weight excluding hydrogens is 318 g/mol. The SMILES string of the molecule is CC(=O)c1cccc(OCC(O)CN2CCC(c3nccn3C)C2)c1. The lowest BCUT2D eigenvalue weighted by Gasteiger charge is -2.20. The molecule has 0 aliphatic carbocycles. The Morgan fingerprint density at radius 1 is 1.48 bits per heavy atom. The number of ketones is 1. The molecule has 134 valence electrons. The second kappa shape index (κ2) is 7.80. The first-order chi connectivity index (χ1) is 12.0. The first-order valence-electron chi connectivity index (χ1n) is 8.64. The van der Waals surface area contributed by atoms with Crippen molar-refractivity contribution in [1.29, 1.82) is 0 Å². The first-order valence-corrected chi connectivity index (χ1v) is 8.64. The molecular formula is C19H25N3O3. The zero-order valence-corrected chi connectivity index (χ0v) is 14.8. The smallest absolute Gasteiger partial charge is 0.159 e. The van der Waals surface area contributed by atoms with Gasteiger partial charge in [-0.3, -0.25) is 9.69 Å². The Labute approximate surface area is 148 Å². The number of nitrogens with zero attached hydrogens (tertiary/aromatic N) is 3. The van der Waals surface area contributed by atoms with Crippen LogP contribution in [0.3, 0.4) is 0 Å². The Balaban J connectivity index is 1.47. The van der Waals surface area contributed by atoms with Crippen LogP contribution < -0.4 is 4.74 Å². The highest BCUT2D eigenvalue weighted by atomic mass is 16.5. The van der Waals surface area contributed by atoms with Crippen molar-refractivity contribution < 1.29 is 14.6 Å². The van der Waals surface area contributed by atoms with E-state index in [0.717, 1.165) is 25.3 Å². The fraction of sp³-hybridized carbons (Fsp3) is 0.474. The molecule has 1 saturated heterocycles. The van der Waals surface area contributed by atoms with Gasteiger partial charge in [-0.15, -0.1) is 0 Å². The lowest BCUT2D eigenvalue weighted by Crippen LogP contribution is -2.34. The Bertz CT molecular complexity index is 728. The lowest BCUT2D eigenvalue weighted by atomic mass is 10.1. The van der Waals surface area contributed by atoms with E-state index >= 15 is 0 Å². The van der Waals surface area contributed by atoms with E-state index in [9.17, 15) is 9.90 Å². The fourth-order valence-electron chi connectivity index (χ4n) is 3.33. The molecule has 0 saturated carbocycles. The zero-order valence-electron chi connectivity index (χ0n) is 14.8. The molecule has 1 aromatic heterocycles. The third kappa shape index (κ3) is 4.46. The summed E-state index contributed by atoms with van der Waals surface area (Å²) in [6.07, 6.45) is 4.28. The number of carbonyl (C=O) groups is 1. The lowest BCUT2D eigenvalue weighted by molar-refractivity contribution is 0.0753. The zero-order chi connectivity index (χ0) is 17.8. The van der Waals surface area contributed by atoms with Crippen molar-refractivity contribution in [3.05, 3.63) is 48.0 Å². The van der Waals surface area contributed by atoms with E-state index in [-0.39, 0.29) is 12.4 Å². The van der Waals surface area contributed by atoms with Gasteiger partial charge in [-0.05, 0) is 32.0 Å². The van der Waals surface area contributed by atoms with E-state index in [4.69, 9.17) is 4.74 Å². The number of likely N-dealkylation sites (tertiary alicyclic amines) is 1. The number of aliphatic hydroxyl groups is 1. The summed E-state index contributed by atoms with van der Waals surface area (Å²) < 4.78 is 7.71. The van der Waals surface area contributed by atoms with Crippen molar-refractivity contribution in [2.24, 2.45) is 7.05 Å². The summed E-state index contributed by atoms with van der Waals surface area (Å²) in [6, 6.07) is 7.05. The summed E-state index contributed by atoms with van der Waals surface area (Å²) in [5.41, 5.74) is 0.615. The number of hydrogen-bond acceptors (Lipinski definition) is 5. The first kappa shape index (κ1) is 17.6. The van der Waals surface area contributed by atoms with Gasteiger partial charge in [0.15, 0.2) is 5.78 Å². The Morgan fingerprint density at radius 3 is 3.04 bits per heavy atom. The van der Waals surface area contributed by atoms with Crippen LogP contribution in [-0.4, -0.2) is 57.7 Å². The van der Waals surface area contributed by atoms with Crippen LogP contribution in [0.2, 0.25) is 0 Å². The average Bonchev–Trinajstić information content (AvgIpc) is 3.22. The highest BCUT2D eigenvalue weighted by Gasteiger charge is 2.27. The highest BCUT2D eigenvalue weighted by molar-refractivity contribution is 5.94. The molecule has 0 spiro atoms. The second-order valence-electron chi connectivity index (χ2n) is 6.69. The number of benzene rings is 1. The topological polar surface area (TPSA) is 67.6 Å². The minimum Gasteiger partial charge on any atom is -0.491 e. The Hall–Kier alpha value is -2.18. The third-order valence-corrected chi connectivity index (χ3v) is 4.65. The minimum atomic E-state index is -0.568. The molecule has 6 nitrogen and oxygen atoms in total. The van der Waals surface area contributed by atoms with Crippen molar-refractivity contribution in [1.82, 2.24) is 14.5 Å². The number of aryl methyl sites for hydroxylation is 1. The van der Waals surface area contributed by atoms with Crippen LogP contribution >= 0.6 is 0 Å². The molecule has 0 amide bonds. The monoisotopic (exact) mass is 343 g/mol. The molecule has 2 heterocycles. The molecule has 0 bridgehead atoms. The summed E-state index contributed by atoms with van der Waals surface area (Å²) in [5, 5.41) is 10.3. The maximum absolute atomic E-state index is 11.4. The van der Waals surface area contributed by atoms with E-state index in [0.29, 0.717) is 23.8 Å².